The van der Waals surface area contributed by atoms with Crippen LogP contribution in [-0.2, 0) is 5.54 Å². The molecule has 2 N–H and O–H groups in total. The van der Waals surface area contributed by atoms with Gasteiger partial charge in [-0.3, -0.25) is 0 Å². The Kier molecular flexibility index (Phi) is 2.19. The van der Waals surface area contributed by atoms with Crippen LogP contribution in [0.3, 0.4) is 0 Å². The maximum absolute atomic E-state index is 13.3. The minimum absolute atomic E-state index is 0.0878. The minimum Gasteiger partial charge on any atom is -0.383 e. The summed E-state index contributed by atoms with van der Waals surface area (Å²) in [6.07, 6.45) is -2.90. The van der Waals surface area contributed by atoms with Crippen molar-refractivity contribution in [2.24, 2.45) is 0 Å². The number of nitrogens with two attached hydrogens (primary N) is 1. The number of hydrogen-bond acceptors (Lipinski definition) is 3. The van der Waals surface area contributed by atoms with E-state index < -0.39 is 11.7 Å². The third-order valence-electron chi connectivity index (χ3n) is 4.00. The van der Waals surface area contributed by atoms with Gasteiger partial charge < -0.3 is 10.3 Å². The fourth-order valence-corrected chi connectivity index (χ4v) is 2.70. The normalized spacial score (nSPS) is 17.9. The lowest BCUT2D eigenvalue weighted by Crippen LogP contribution is -2.35. The summed E-state index contributed by atoms with van der Waals surface area (Å²) < 4.78 is 41.2. The van der Waals surface area contributed by atoms with E-state index >= 15 is 0 Å². The number of fused-ring (bicyclic) bond motifs is 1. The summed E-state index contributed by atoms with van der Waals surface area (Å²) in [4.78, 5) is 7.87. The first kappa shape index (κ1) is 12.3. The van der Waals surface area contributed by atoms with Crippen LogP contribution in [0.1, 0.15) is 24.1 Å². The molecule has 0 spiro atoms. The molecule has 2 heterocycles. The predicted molar refractivity (Wildman–Crippen MR) is 64.7 cm³/mol. The third kappa shape index (κ3) is 1.41. The Morgan fingerprint density at radius 2 is 1.89 bits per heavy atom. The van der Waals surface area contributed by atoms with Gasteiger partial charge in [-0.2, -0.15) is 13.2 Å². The Morgan fingerprint density at radius 1 is 1.26 bits per heavy atom. The van der Waals surface area contributed by atoms with Crippen molar-refractivity contribution in [3.63, 3.8) is 0 Å². The van der Waals surface area contributed by atoms with E-state index in [2.05, 4.69) is 9.97 Å². The van der Waals surface area contributed by atoms with Gasteiger partial charge in [-0.25, -0.2) is 9.97 Å². The second-order valence-corrected chi connectivity index (χ2v) is 5.03. The molecule has 1 aliphatic rings. The van der Waals surface area contributed by atoms with Gasteiger partial charge in [0, 0.05) is 5.69 Å². The zero-order chi connectivity index (χ0) is 14.0. The number of alkyl halides is 3. The first-order valence-corrected chi connectivity index (χ1v) is 5.95. The molecule has 0 aromatic carbocycles. The molecule has 0 atom stereocenters. The molecule has 0 saturated heterocycles. The molecule has 0 amide bonds. The monoisotopic (exact) mass is 270 g/mol. The Bertz CT molecular complexity index is 668. The van der Waals surface area contributed by atoms with Crippen molar-refractivity contribution in [3.8, 4) is 0 Å². The van der Waals surface area contributed by atoms with E-state index in [9.17, 15) is 13.2 Å². The Hall–Kier alpha value is -1.79. The van der Waals surface area contributed by atoms with Crippen LogP contribution in [-0.4, -0.2) is 20.7 Å². The maximum Gasteiger partial charge on any atom is 0.412 e. The second-order valence-electron chi connectivity index (χ2n) is 5.03. The Labute approximate surface area is 107 Å². The molecule has 3 rings (SSSR count). The van der Waals surface area contributed by atoms with Gasteiger partial charge in [0.15, 0.2) is 0 Å². The molecule has 1 saturated carbocycles. The van der Waals surface area contributed by atoms with Crippen LogP contribution < -0.4 is 5.73 Å². The van der Waals surface area contributed by atoms with Gasteiger partial charge in [-0.15, -0.1) is 0 Å². The highest BCUT2D eigenvalue weighted by Gasteiger charge is 2.65. The average molecular weight is 270 g/mol. The summed E-state index contributed by atoms with van der Waals surface area (Å²) in [5.41, 5.74) is 5.49. The SMILES string of the molecule is Cc1c(C)n(C2(C(F)(F)F)CC2)c2ncnc(N)c12. The second kappa shape index (κ2) is 3.40. The molecule has 19 heavy (non-hydrogen) atoms. The Morgan fingerprint density at radius 3 is 2.42 bits per heavy atom. The molecule has 0 aliphatic heterocycles. The van der Waals surface area contributed by atoms with Gasteiger partial charge in [-0.1, -0.05) is 0 Å². The molecular formula is C12H13F3N4. The molecule has 1 aliphatic carbocycles. The number of nitrogens with zero attached hydrogens (tertiary/aromatic N) is 3. The molecular weight excluding hydrogens is 257 g/mol. The largest absolute Gasteiger partial charge is 0.412 e. The highest BCUT2D eigenvalue weighted by molar-refractivity contribution is 5.91. The lowest BCUT2D eigenvalue weighted by molar-refractivity contribution is -0.179. The molecule has 0 unspecified atom stereocenters. The topological polar surface area (TPSA) is 56.7 Å². The van der Waals surface area contributed by atoms with Crippen molar-refractivity contribution in [1.29, 1.82) is 0 Å². The summed E-state index contributed by atoms with van der Waals surface area (Å²) in [6, 6.07) is 0. The minimum atomic E-state index is -4.28. The standard InChI is InChI=1S/C12H13F3N4/c1-6-7(2)19(11(3-4-11)12(13,14)15)10-8(6)9(16)17-5-18-10/h5H,3-4H2,1-2H3,(H2,16,17,18). The van der Waals surface area contributed by atoms with E-state index in [0.29, 0.717) is 16.6 Å². The van der Waals surface area contributed by atoms with E-state index in [1.807, 2.05) is 0 Å². The van der Waals surface area contributed by atoms with Crippen molar-refractivity contribution in [2.45, 2.75) is 38.4 Å². The van der Waals surface area contributed by atoms with Gasteiger partial charge in [0.25, 0.3) is 0 Å². The lowest BCUT2D eigenvalue weighted by Gasteiger charge is -2.23. The summed E-state index contributed by atoms with van der Waals surface area (Å²) in [6.45, 7) is 3.42. The van der Waals surface area contributed by atoms with Crippen LogP contribution in [0, 0.1) is 13.8 Å². The number of hydrogen-bond donors (Lipinski definition) is 1. The van der Waals surface area contributed by atoms with E-state index in [4.69, 9.17) is 5.73 Å². The smallest absolute Gasteiger partial charge is 0.383 e. The molecule has 0 bridgehead atoms. The van der Waals surface area contributed by atoms with Crippen LogP contribution in [0.15, 0.2) is 6.33 Å². The summed E-state index contributed by atoms with van der Waals surface area (Å²) in [5.74, 6) is 0.224. The van der Waals surface area contributed by atoms with Gasteiger partial charge in [0.2, 0.25) is 0 Å². The van der Waals surface area contributed by atoms with Gasteiger partial charge >= 0.3 is 6.18 Å². The van der Waals surface area contributed by atoms with Crippen molar-refractivity contribution < 1.29 is 13.2 Å². The maximum atomic E-state index is 13.3. The number of aromatic nitrogens is 3. The number of nitrogen functional groups attached to an aromatic ring is 1. The van der Waals surface area contributed by atoms with Crippen LogP contribution in [0.5, 0.6) is 0 Å². The Balaban J connectivity index is 2.38. The van der Waals surface area contributed by atoms with E-state index in [-0.39, 0.29) is 24.3 Å². The number of anilines is 1. The number of halogens is 3. The summed E-state index contributed by atoms with van der Waals surface area (Å²) in [5, 5.41) is 0.524. The molecule has 2 aromatic heterocycles. The van der Waals surface area contributed by atoms with Crippen LogP contribution >= 0.6 is 0 Å². The quantitative estimate of drug-likeness (QED) is 0.866. The number of aryl methyl sites for hydroxylation is 1. The van der Waals surface area contributed by atoms with Gasteiger partial charge in [0.05, 0.1) is 5.39 Å². The molecule has 2 aromatic rings. The average Bonchev–Trinajstić information content (AvgIpc) is 3.05. The third-order valence-corrected chi connectivity index (χ3v) is 4.00. The first-order chi connectivity index (χ1) is 8.79. The first-order valence-electron chi connectivity index (χ1n) is 5.95. The van der Waals surface area contributed by atoms with Crippen molar-refractivity contribution in [2.75, 3.05) is 5.73 Å². The van der Waals surface area contributed by atoms with E-state index in [1.165, 1.54) is 10.9 Å². The molecule has 1 fully saturated rings. The fourth-order valence-electron chi connectivity index (χ4n) is 2.70. The van der Waals surface area contributed by atoms with Crippen LogP contribution in [0.25, 0.3) is 11.0 Å². The predicted octanol–water partition coefficient (Wildman–Crippen LogP) is 2.68. The van der Waals surface area contributed by atoms with Crippen molar-refractivity contribution >= 4 is 16.9 Å². The molecule has 102 valence electrons. The summed E-state index contributed by atoms with van der Waals surface area (Å²) in [7, 11) is 0. The zero-order valence-electron chi connectivity index (χ0n) is 10.5. The zero-order valence-corrected chi connectivity index (χ0v) is 10.5. The van der Waals surface area contributed by atoms with Crippen molar-refractivity contribution in [3.05, 3.63) is 17.6 Å². The molecule has 7 heteroatoms. The fraction of sp³-hybridized carbons (Fsp3) is 0.500. The summed E-state index contributed by atoms with van der Waals surface area (Å²) >= 11 is 0. The highest BCUT2D eigenvalue weighted by Crippen LogP contribution is 2.57. The van der Waals surface area contributed by atoms with Crippen molar-refractivity contribution in [1.82, 2.24) is 14.5 Å². The molecule has 0 radical (unpaired) electrons. The molecule has 4 nitrogen and oxygen atoms in total. The van der Waals surface area contributed by atoms with Crippen LogP contribution in [0.4, 0.5) is 19.0 Å². The van der Waals surface area contributed by atoms with Crippen LogP contribution in [0.2, 0.25) is 0 Å². The highest BCUT2D eigenvalue weighted by atomic mass is 19.4. The van der Waals surface area contributed by atoms with Gasteiger partial charge in [-0.05, 0) is 32.3 Å². The lowest BCUT2D eigenvalue weighted by atomic mass is 10.2. The number of rotatable bonds is 1. The van der Waals surface area contributed by atoms with E-state index in [1.54, 1.807) is 13.8 Å². The van der Waals surface area contributed by atoms with Gasteiger partial charge in [0.1, 0.15) is 23.3 Å². The van der Waals surface area contributed by atoms with E-state index in [0.717, 1.165) is 0 Å².